The van der Waals surface area contributed by atoms with Crippen molar-refractivity contribution in [3.8, 4) is 5.69 Å². The van der Waals surface area contributed by atoms with Crippen LogP contribution >= 0.6 is 11.6 Å². The molecule has 1 aliphatic heterocycles. The fraction of sp³-hybridized carbons (Fsp3) is 0.421. The second-order valence-corrected chi connectivity index (χ2v) is 6.72. The molecule has 1 aromatic carbocycles. The highest BCUT2D eigenvalue weighted by Crippen LogP contribution is 2.26. The Bertz CT molecular complexity index is 832. The number of fused-ring (bicyclic) bond motifs is 1. The van der Waals surface area contributed by atoms with Crippen LogP contribution in [0.15, 0.2) is 24.3 Å². The van der Waals surface area contributed by atoms with E-state index in [1.165, 1.54) is 0 Å². The number of urea groups is 1. The molecule has 27 heavy (non-hydrogen) atoms. The first-order valence-corrected chi connectivity index (χ1v) is 9.49. The van der Waals surface area contributed by atoms with Crippen LogP contribution in [0.2, 0.25) is 5.02 Å². The van der Waals surface area contributed by atoms with Gasteiger partial charge < -0.3 is 15.0 Å². The molecule has 0 fully saturated rings. The summed E-state index contributed by atoms with van der Waals surface area (Å²) in [6.45, 7) is 5.53. The minimum Gasteiger partial charge on any atom is -0.461 e. The van der Waals surface area contributed by atoms with Gasteiger partial charge in [0.2, 0.25) is 0 Å². The molecular weight excluding hydrogens is 368 g/mol. The molecule has 144 valence electrons. The van der Waals surface area contributed by atoms with Gasteiger partial charge in [0.05, 0.1) is 24.5 Å². The van der Waals surface area contributed by atoms with Gasteiger partial charge in [-0.1, -0.05) is 18.5 Å². The van der Waals surface area contributed by atoms with Crippen molar-refractivity contribution in [1.29, 1.82) is 0 Å². The van der Waals surface area contributed by atoms with Crippen LogP contribution < -0.4 is 5.32 Å². The Balaban J connectivity index is 1.97. The smallest absolute Gasteiger partial charge is 0.359 e. The van der Waals surface area contributed by atoms with E-state index in [1.807, 2.05) is 19.1 Å². The molecule has 7 nitrogen and oxygen atoms in total. The van der Waals surface area contributed by atoms with E-state index in [-0.39, 0.29) is 18.3 Å². The molecule has 0 atom stereocenters. The molecule has 0 bridgehead atoms. The number of halogens is 1. The Morgan fingerprint density at radius 2 is 2.00 bits per heavy atom. The van der Waals surface area contributed by atoms with Crippen molar-refractivity contribution in [2.45, 2.75) is 33.2 Å². The zero-order chi connectivity index (χ0) is 19.4. The summed E-state index contributed by atoms with van der Waals surface area (Å²) < 4.78 is 6.92. The molecule has 3 rings (SSSR count). The first kappa shape index (κ1) is 19.2. The summed E-state index contributed by atoms with van der Waals surface area (Å²) in [5.74, 6) is -0.475. The first-order valence-electron chi connectivity index (χ1n) is 9.11. The van der Waals surface area contributed by atoms with Crippen molar-refractivity contribution >= 4 is 23.6 Å². The number of rotatable bonds is 5. The van der Waals surface area contributed by atoms with Crippen molar-refractivity contribution in [2.75, 3.05) is 19.7 Å². The van der Waals surface area contributed by atoms with Gasteiger partial charge in [0.1, 0.15) is 0 Å². The number of nitrogens with one attached hydrogen (secondary N) is 1. The summed E-state index contributed by atoms with van der Waals surface area (Å²) in [6.07, 6.45) is 1.47. The average Bonchev–Trinajstić information content (AvgIpc) is 3.06. The number of nitrogens with zero attached hydrogens (tertiary/aromatic N) is 3. The van der Waals surface area contributed by atoms with Gasteiger partial charge in [0, 0.05) is 30.1 Å². The standard InChI is InChI=1S/C19H23ClN4O3/c1-3-10-21-19(26)23-11-9-16-15(12-23)17(18(25)27-4-2)22-24(16)14-7-5-13(20)6-8-14/h5-8H,3-4,9-12H2,1-2H3,(H,21,26). The van der Waals surface area contributed by atoms with Crippen molar-refractivity contribution < 1.29 is 14.3 Å². The van der Waals surface area contributed by atoms with Crippen LogP contribution in [0.1, 0.15) is 42.0 Å². The molecule has 1 aliphatic rings. The van der Waals surface area contributed by atoms with Crippen LogP contribution in [0.25, 0.3) is 5.69 Å². The predicted octanol–water partition coefficient (Wildman–Crippen LogP) is 3.18. The maximum Gasteiger partial charge on any atom is 0.359 e. The van der Waals surface area contributed by atoms with Gasteiger partial charge in [0.15, 0.2) is 5.69 Å². The second kappa shape index (κ2) is 8.43. The molecular formula is C19H23ClN4O3. The van der Waals surface area contributed by atoms with E-state index in [2.05, 4.69) is 10.4 Å². The van der Waals surface area contributed by atoms with Gasteiger partial charge in [-0.15, -0.1) is 0 Å². The fourth-order valence-corrected chi connectivity index (χ4v) is 3.22. The molecule has 0 saturated carbocycles. The van der Waals surface area contributed by atoms with Gasteiger partial charge >= 0.3 is 12.0 Å². The summed E-state index contributed by atoms with van der Waals surface area (Å²) >= 11 is 5.98. The maximum absolute atomic E-state index is 12.4. The Kier molecular flexibility index (Phi) is 6.01. The molecule has 0 radical (unpaired) electrons. The zero-order valence-corrected chi connectivity index (χ0v) is 16.3. The number of hydrogen-bond donors (Lipinski definition) is 1. The molecule has 0 unspecified atom stereocenters. The third-order valence-electron chi connectivity index (χ3n) is 4.41. The lowest BCUT2D eigenvalue weighted by Crippen LogP contribution is -2.43. The van der Waals surface area contributed by atoms with Crippen molar-refractivity contribution in [2.24, 2.45) is 0 Å². The average molecular weight is 391 g/mol. The van der Waals surface area contributed by atoms with Gasteiger partial charge in [0.25, 0.3) is 0 Å². The number of carbonyl (C=O) groups excluding carboxylic acids is 2. The van der Waals surface area contributed by atoms with Gasteiger partial charge in [-0.05, 0) is 37.6 Å². The molecule has 1 N–H and O–H groups in total. The van der Waals surface area contributed by atoms with Crippen molar-refractivity contribution in [3.63, 3.8) is 0 Å². The summed E-state index contributed by atoms with van der Waals surface area (Å²) in [7, 11) is 0. The van der Waals surface area contributed by atoms with Crippen molar-refractivity contribution in [1.82, 2.24) is 20.0 Å². The van der Waals surface area contributed by atoms with Crippen LogP contribution in [0.5, 0.6) is 0 Å². The lowest BCUT2D eigenvalue weighted by molar-refractivity contribution is 0.0516. The molecule has 2 heterocycles. The van der Waals surface area contributed by atoms with Crippen LogP contribution in [-0.4, -0.2) is 46.4 Å². The molecule has 8 heteroatoms. The lowest BCUT2D eigenvalue weighted by Gasteiger charge is -2.28. The molecule has 0 aliphatic carbocycles. The number of esters is 1. The predicted molar refractivity (Wildman–Crippen MR) is 102 cm³/mol. The Morgan fingerprint density at radius 3 is 2.67 bits per heavy atom. The number of ether oxygens (including phenoxy) is 1. The SMILES string of the molecule is CCCNC(=O)N1CCc2c(c(C(=O)OCC)nn2-c2ccc(Cl)cc2)C1. The quantitative estimate of drug-likeness (QED) is 0.795. The van der Waals surface area contributed by atoms with Crippen molar-refractivity contribution in [3.05, 3.63) is 46.2 Å². The minimum absolute atomic E-state index is 0.128. The molecule has 2 aromatic rings. The highest BCUT2D eigenvalue weighted by Gasteiger charge is 2.31. The van der Waals surface area contributed by atoms with Gasteiger partial charge in [-0.25, -0.2) is 14.3 Å². The van der Waals surface area contributed by atoms with E-state index in [0.717, 1.165) is 23.4 Å². The molecule has 2 amide bonds. The van der Waals surface area contributed by atoms with E-state index >= 15 is 0 Å². The number of hydrogen-bond acceptors (Lipinski definition) is 4. The third-order valence-corrected chi connectivity index (χ3v) is 4.66. The number of aromatic nitrogens is 2. The normalized spacial score (nSPS) is 13.2. The molecule has 1 aromatic heterocycles. The third kappa shape index (κ3) is 4.08. The van der Waals surface area contributed by atoms with Crippen LogP contribution in [0, 0.1) is 0 Å². The van der Waals surface area contributed by atoms with Crippen LogP contribution in [0.4, 0.5) is 4.79 Å². The molecule has 0 spiro atoms. The van der Waals surface area contributed by atoms with E-state index in [4.69, 9.17) is 16.3 Å². The van der Waals surface area contributed by atoms with Gasteiger partial charge in [-0.2, -0.15) is 5.10 Å². The van der Waals surface area contributed by atoms with Crippen LogP contribution in [-0.2, 0) is 17.7 Å². The number of benzene rings is 1. The van der Waals surface area contributed by atoms with E-state index in [1.54, 1.807) is 28.6 Å². The van der Waals surface area contributed by atoms with E-state index < -0.39 is 5.97 Å². The second-order valence-electron chi connectivity index (χ2n) is 6.29. The largest absolute Gasteiger partial charge is 0.461 e. The maximum atomic E-state index is 12.4. The van der Waals surface area contributed by atoms with Crippen LogP contribution in [0.3, 0.4) is 0 Å². The lowest BCUT2D eigenvalue weighted by atomic mass is 10.1. The van der Waals surface area contributed by atoms with Gasteiger partial charge in [-0.3, -0.25) is 0 Å². The number of carbonyl (C=O) groups is 2. The Hall–Kier alpha value is -2.54. The Labute approximate surface area is 163 Å². The summed E-state index contributed by atoms with van der Waals surface area (Å²) in [6, 6.07) is 7.14. The zero-order valence-electron chi connectivity index (χ0n) is 15.5. The van der Waals surface area contributed by atoms with E-state index in [9.17, 15) is 9.59 Å². The van der Waals surface area contributed by atoms with E-state index in [0.29, 0.717) is 31.1 Å². The molecule has 0 saturated heterocycles. The number of amides is 2. The summed E-state index contributed by atoms with van der Waals surface area (Å²) in [5.41, 5.74) is 2.73. The minimum atomic E-state index is -0.475. The fourth-order valence-electron chi connectivity index (χ4n) is 3.10. The highest BCUT2D eigenvalue weighted by molar-refractivity contribution is 6.30. The Morgan fingerprint density at radius 1 is 1.26 bits per heavy atom. The first-order chi connectivity index (χ1) is 13.0. The monoisotopic (exact) mass is 390 g/mol. The summed E-state index contributed by atoms with van der Waals surface area (Å²) in [5, 5.41) is 8.02. The highest BCUT2D eigenvalue weighted by atomic mass is 35.5. The summed E-state index contributed by atoms with van der Waals surface area (Å²) in [4.78, 5) is 26.5. The topological polar surface area (TPSA) is 76.5 Å².